The molecule has 0 saturated heterocycles. The molecule has 94 valence electrons. The molecule has 2 aromatic heterocycles. The molecule has 5 nitrogen and oxygen atoms in total. The van der Waals surface area contributed by atoms with Crippen molar-refractivity contribution in [2.75, 3.05) is 5.32 Å². The number of anilines is 1. The summed E-state index contributed by atoms with van der Waals surface area (Å²) >= 11 is 5.88. The number of rotatable bonds is 4. The fourth-order valence-electron chi connectivity index (χ4n) is 1.48. The summed E-state index contributed by atoms with van der Waals surface area (Å²) in [4.78, 5) is 15.6. The Bertz CT molecular complexity index is 519. The number of carbonyl (C=O) groups is 1. The summed E-state index contributed by atoms with van der Waals surface area (Å²) in [5.74, 6) is -0.0644. The lowest BCUT2D eigenvalue weighted by atomic mass is 10.3. The molecule has 2 rings (SSSR count). The number of aryl methyl sites for hydroxylation is 2. The third kappa shape index (κ3) is 3.30. The van der Waals surface area contributed by atoms with Gasteiger partial charge in [0.15, 0.2) is 0 Å². The number of hydrogen-bond donors (Lipinski definition) is 1. The van der Waals surface area contributed by atoms with Crippen molar-refractivity contribution in [3.63, 3.8) is 0 Å². The van der Waals surface area contributed by atoms with Gasteiger partial charge in [0.2, 0.25) is 5.91 Å². The highest BCUT2D eigenvalue weighted by Gasteiger charge is 2.05. The third-order valence-corrected chi connectivity index (χ3v) is 2.79. The van der Waals surface area contributed by atoms with Crippen molar-refractivity contribution in [2.45, 2.75) is 19.9 Å². The highest BCUT2D eigenvalue weighted by molar-refractivity contribution is 6.31. The number of halogens is 1. The van der Waals surface area contributed by atoms with Gasteiger partial charge in [0, 0.05) is 37.2 Å². The lowest BCUT2D eigenvalue weighted by Crippen LogP contribution is -2.14. The number of hydrogen-bond acceptors (Lipinski definition) is 3. The van der Waals surface area contributed by atoms with Crippen molar-refractivity contribution in [1.29, 1.82) is 0 Å². The number of nitrogens with zero attached hydrogens (tertiary/aromatic N) is 3. The van der Waals surface area contributed by atoms with Gasteiger partial charge < -0.3 is 5.32 Å². The van der Waals surface area contributed by atoms with Crippen molar-refractivity contribution < 1.29 is 4.79 Å². The molecule has 0 aromatic carbocycles. The molecular weight excluding hydrogens is 252 g/mol. The van der Waals surface area contributed by atoms with Crippen LogP contribution in [0, 0.1) is 6.92 Å². The average molecular weight is 265 g/mol. The van der Waals surface area contributed by atoms with Crippen LogP contribution >= 0.6 is 11.6 Å². The van der Waals surface area contributed by atoms with Crippen LogP contribution in [0.15, 0.2) is 30.7 Å². The summed E-state index contributed by atoms with van der Waals surface area (Å²) in [6, 6.07) is 3.49. The predicted molar refractivity (Wildman–Crippen MR) is 69.5 cm³/mol. The molecule has 0 radical (unpaired) electrons. The molecule has 0 aliphatic rings. The van der Waals surface area contributed by atoms with E-state index < -0.39 is 0 Å². The second-order valence-electron chi connectivity index (χ2n) is 3.86. The minimum atomic E-state index is -0.0644. The van der Waals surface area contributed by atoms with Gasteiger partial charge in [0.1, 0.15) is 0 Å². The maximum atomic E-state index is 11.7. The highest BCUT2D eigenvalue weighted by Crippen LogP contribution is 2.12. The van der Waals surface area contributed by atoms with Crippen molar-refractivity contribution in [2.24, 2.45) is 0 Å². The van der Waals surface area contributed by atoms with Crippen LogP contribution in [0.5, 0.6) is 0 Å². The zero-order valence-corrected chi connectivity index (χ0v) is 10.7. The molecule has 0 fully saturated rings. The molecule has 0 aliphatic heterocycles. The van der Waals surface area contributed by atoms with E-state index in [9.17, 15) is 4.79 Å². The quantitative estimate of drug-likeness (QED) is 0.922. The van der Waals surface area contributed by atoms with E-state index in [1.807, 2.05) is 6.92 Å². The molecule has 6 heteroatoms. The summed E-state index contributed by atoms with van der Waals surface area (Å²) in [6.45, 7) is 2.33. The molecular formula is C12H13ClN4O. The largest absolute Gasteiger partial charge is 0.326 e. The second-order valence-corrected chi connectivity index (χ2v) is 4.27. The van der Waals surface area contributed by atoms with Gasteiger partial charge in [-0.05, 0) is 19.1 Å². The fourth-order valence-corrected chi connectivity index (χ4v) is 1.63. The molecule has 0 atom stereocenters. The van der Waals surface area contributed by atoms with Gasteiger partial charge in [0.05, 0.1) is 10.7 Å². The van der Waals surface area contributed by atoms with Crippen LogP contribution in [-0.2, 0) is 11.3 Å². The van der Waals surface area contributed by atoms with Crippen LogP contribution in [0.4, 0.5) is 5.69 Å². The van der Waals surface area contributed by atoms with E-state index in [1.165, 1.54) is 0 Å². The molecule has 0 unspecified atom stereocenters. The van der Waals surface area contributed by atoms with E-state index in [1.54, 1.807) is 35.4 Å². The minimum Gasteiger partial charge on any atom is -0.326 e. The Morgan fingerprint density at radius 1 is 1.44 bits per heavy atom. The average Bonchev–Trinajstić information content (AvgIpc) is 2.68. The number of pyridine rings is 1. The topological polar surface area (TPSA) is 59.8 Å². The number of nitrogens with one attached hydrogen (secondary N) is 1. The first-order valence-corrected chi connectivity index (χ1v) is 5.92. The highest BCUT2D eigenvalue weighted by atomic mass is 35.5. The molecule has 18 heavy (non-hydrogen) atoms. The fraction of sp³-hybridized carbons (Fsp3) is 0.250. The minimum absolute atomic E-state index is 0.0644. The molecule has 0 bridgehead atoms. The van der Waals surface area contributed by atoms with Gasteiger partial charge in [0.25, 0.3) is 0 Å². The van der Waals surface area contributed by atoms with Gasteiger partial charge in [-0.3, -0.25) is 14.5 Å². The van der Waals surface area contributed by atoms with Gasteiger partial charge in [-0.15, -0.1) is 0 Å². The number of carbonyl (C=O) groups excluding carboxylic acids is 1. The number of amides is 1. The van der Waals surface area contributed by atoms with Crippen molar-refractivity contribution in [3.8, 4) is 0 Å². The van der Waals surface area contributed by atoms with E-state index >= 15 is 0 Å². The van der Waals surface area contributed by atoms with E-state index in [2.05, 4.69) is 15.4 Å². The van der Waals surface area contributed by atoms with Crippen LogP contribution in [0.25, 0.3) is 0 Å². The Morgan fingerprint density at radius 3 is 2.78 bits per heavy atom. The monoisotopic (exact) mass is 264 g/mol. The summed E-state index contributed by atoms with van der Waals surface area (Å²) in [5, 5.41) is 7.58. The summed E-state index contributed by atoms with van der Waals surface area (Å²) in [7, 11) is 0. The first-order valence-electron chi connectivity index (χ1n) is 5.54. The smallest absolute Gasteiger partial charge is 0.226 e. The van der Waals surface area contributed by atoms with E-state index in [0.29, 0.717) is 18.0 Å². The normalized spacial score (nSPS) is 10.3. The Morgan fingerprint density at radius 2 is 2.17 bits per heavy atom. The van der Waals surface area contributed by atoms with Crippen molar-refractivity contribution in [1.82, 2.24) is 14.8 Å². The Hall–Kier alpha value is -1.88. The van der Waals surface area contributed by atoms with Gasteiger partial charge in [-0.2, -0.15) is 5.10 Å². The molecule has 2 aromatic rings. The van der Waals surface area contributed by atoms with Crippen LogP contribution in [0.1, 0.15) is 12.1 Å². The van der Waals surface area contributed by atoms with E-state index in [0.717, 1.165) is 11.4 Å². The molecule has 2 heterocycles. The zero-order chi connectivity index (χ0) is 13.0. The van der Waals surface area contributed by atoms with E-state index in [-0.39, 0.29) is 5.91 Å². The maximum Gasteiger partial charge on any atom is 0.226 e. The Kier molecular flexibility index (Phi) is 3.94. The Labute approximate surface area is 110 Å². The van der Waals surface area contributed by atoms with Crippen LogP contribution < -0.4 is 5.32 Å². The van der Waals surface area contributed by atoms with Crippen molar-refractivity contribution in [3.05, 3.63) is 41.4 Å². The van der Waals surface area contributed by atoms with Crippen molar-refractivity contribution >= 4 is 23.2 Å². The molecule has 1 amide bonds. The maximum absolute atomic E-state index is 11.7. The van der Waals surface area contributed by atoms with Gasteiger partial charge >= 0.3 is 0 Å². The molecule has 1 N–H and O–H groups in total. The van der Waals surface area contributed by atoms with Crippen LogP contribution in [0.2, 0.25) is 5.02 Å². The van der Waals surface area contributed by atoms with Crippen LogP contribution in [0.3, 0.4) is 0 Å². The molecule has 0 spiro atoms. The zero-order valence-electron chi connectivity index (χ0n) is 9.93. The number of aromatic nitrogens is 3. The first-order chi connectivity index (χ1) is 8.65. The lowest BCUT2D eigenvalue weighted by molar-refractivity contribution is -0.116. The Balaban J connectivity index is 1.85. The van der Waals surface area contributed by atoms with E-state index in [4.69, 9.17) is 11.6 Å². The second kappa shape index (κ2) is 5.64. The van der Waals surface area contributed by atoms with Gasteiger partial charge in [-0.1, -0.05) is 11.6 Å². The molecule has 0 aliphatic carbocycles. The lowest BCUT2D eigenvalue weighted by Gasteiger charge is -2.04. The first kappa shape index (κ1) is 12.6. The molecule has 0 saturated carbocycles. The van der Waals surface area contributed by atoms with Crippen LogP contribution in [-0.4, -0.2) is 20.7 Å². The predicted octanol–water partition coefficient (Wildman–Crippen LogP) is 2.27. The summed E-state index contributed by atoms with van der Waals surface area (Å²) < 4.78 is 1.67. The SMILES string of the molecule is Cc1nn(CCC(=O)Nc2ccncc2)cc1Cl. The standard InChI is InChI=1S/C12H13ClN4O/c1-9-11(13)8-17(16-9)7-4-12(18)15-10-2-5-14-6-3-10/h2-3,5-6,8H,4,7H2,1H3,(H,14,15,18). The third-order valence-electron chi connectivity index (χ3n) is 2.42. The van der Waals surface area contributed by atoms with Gasteiger partial charge in [-0.25, -0.2) is 0 Å². The summed E-state index contributed by atoms with van der Waals surface area (Å²) in [5.41, 5.74) is 1.51. The summed E-state index contributed by atoms with van der Waals surface area (Å²) in [6.07, 6.45) is 5.33.